The summed E-state index contributed by atoms with van der Waals surface area (Å²) in [6.07, 6.45) is 0. The van der Waals surface area contributed by atoms with Crippen LogP contribution in [0.15, 0.2) is 16.7 Å². The van der Waals surface area contributed by atoms with Gasteiger partial charge in [-0.05, 0) is 26.0 Å². The molecule has 0 saturated carbocycles. The van der Waals surface area contributed by atoms with E-state index in [1.807, 2.05) is 0 Å². The van der Waals surface area contributed by atoms with Crippen LogP contribution in [0.5, 0.6) is 0 Å². The molecule has 0 aliphatic heterocycles. The van der Waals surface area contributed by atoms with Crippen molar-refractivity contribution in [3.05, 3.63) is 51.9 Å². The van der Waals surface area contributed by atoms with Crippen LogP contribution in [0.2, 0.25) is 0 Å². The molecular formula is C14H13F2N3O. The van der Waals surface area contributed by atoms with Crippen molar-refractivity contribution in [2.24, 2.45) is 0 Å². The Morgan fingerprint density at radius 3 is 2.30 bits per heavy atom. The molecule has 2 rings (SSSR count). The second kappa shape index (κ2) is 5.80. The number of aromatic nitrogens is 1. The summed E-state index contributed by atoms with van der Waals surface area (Å²) in [5, 5.41) is 15.4. The average molecular weight is 277 g/mol. The molecule has 1 aromatic carbocycles. The van der Waals surface area contributed by atoms with Crippen LogP contribution in [0, 0.1) is 36.8 Å². The Labute approximate surface area is 115 Å². The number of benzene rings is 1. The molecule has 0 bridgehead atoms. The zero-order chi connectivity index (χ0) is 14.7. The molecule has 4 nitrogen and oxygen atoms in total. The SMILES string of the molecule is Cc1noc(C)c1CNCc1c(F)cc(C#N)cc1F. The Morgan fingerprint density at radius 2 is 1.80 bits per heavy atom. The third-order valence-electron chi connectivity index (χ3n) is 3.05. The van der Waals surface area contributed by atoms with Crippen LogP contribution in [0.25, 0.3) is 0 Å². The molecule has 0 aliphatic carbocycles. The van der Waals surface area contributed by atoms with E-state index in [0.717, 1.165) is 23.4 Å². The van der Waals surface area contributed by atoms with Crippen LogP contribution >= 0.6 is 0 Å². The van der Waals surface area contributed by atoms with Crippen LogP contribution in [0.4, 0.5) is 8.78 Å². The van der Waals surface area contributed by atoms with Gasteiger partial charge in [0.05, 0.1) is 17.3 Å². The number of hydrogen-bond donors (Lipinski definition) is 1. The number of rotatable bonds is 4. The zero-order valence-electron chi connectivity index (χ0n) is 11.1. The van der Waals surface area contributed by atoms with E-state index in [-0.39, 0.29) is 17.7 Å². The first-order valence-corrected chi connectivity index (χ1v) is 6.03. The standard InChI is InChI=1S/C14H13F2N3O/c1-8-11(9(2)20-19-8)6-18-7-12-13(15)3-10(5-17)4-14(12)16/h3-4,18H,6-7H2,1-2H3. The summed E-state index contributed by atoms with van der Waals surface area (Å²) in [4.78, 5) is 0. The lowest BCUT2D eigenvalue weighted by Crippen LogP contribution is -2.16. The maximum absolute atomic E-state index is 13.7. The highest BCUT2D eigenvalue weighted by Gasteiger charge is 2.12. The molecule has 104 valence electrons. The fourth-order valence-corrected chi connectivity index (χ4v) is 1.90. The first-order valence-electron chi connectivity index (χ1n) is 6.03. The van der Waals surface area contributed by atoms with Gasteiger partial charge in [0.25, 0.3) is 0 Å². The van der Waals surface area contributed by atoms with Gasteiger partial charge in [-0.1, -0.05) is 5.16 Å². The Balaban J connectivity index is 2.07. The van der Waals surface area contributed by atoms with Crippen molar-refractivity contribution >= 4 is 0 Å². The lowest BCUT2D eigenvalue weighted by molar-refractivity contribution is 0.391. The minimum Gasteiger partial charge on any atom is -0.361 e. The lowest BCUT2D eigenvalue weighted by Gasteiger charge is -2.07. The first-order chi connectivity index (χ1) is 9.52. The van der Waals surface area contributed by atoms with E-state index in [1.165, 1.54) is 0 Å². The summed E-state index contributed by atoms with van der Waals surface area (Å²) in [6.45, 7) is 4.00. The topological polar surface area (TPSA) is 61.9 Å². The van der Waals surface area contributed by atoms with Crippen molar-refractivity contribution in [1.82, 2.24) is 10.5 Å². The fraction of sp³-hybridized carbons (Fsp3) is 0.286. The zero-order valence-corrected chi connectivity index (χ0v) is 11.1. The maximum atomic E-state index is 13.7. The molecule has 1 N–H and O–H groups in total. The molecule has 6 heteroatoms. The Hall–Kier alpha value is -2.26. The normalized spacial score (nSPS) is 10.6. The molecule has 0 radical (unpaired) electrons. The van der Waals surface area contributed by atoms with E-state index >= 15 is 0 Å². The van der Waals surface area contributed by atoms with Gasteiger partial charge in [-0.2, -0.15) is 5.26 Å². The van der Waals surface area contributed by atoms with Crippen molar-refractivity contribution < 1.29 is 13.3 Å². The van der Waals surface area contributed by atoms with Crippen LogP contribution < -0.4 is 5.32 Å². The molecular weight excluding hydrogens is 264 g/mol. The lowest BCUT2D eigenvalue weighted by atomic mass is 10.1. The van der Waals surface area contributed by atoms with Gasteiger partial charge in [-0.15, -0.1) is 0 Å². The van der Waals surface area contributed by atoms with Crippen molar-refractivity contribution in [2.45, 2.75) is 26.9 Å². The van der Waals surface area contributed by atoms with Gasteiger partial charge < -0.3 is 9.84 Å². The number of nitrogens with zero attached hydrogens (tertiary/aromatic N) is 2. The predicted molar refractivity (Wildman–Crippen MR) is 67.6 cm³/mol. The van der Waals surface area contributed by atoms with Crippen molar-refractivity contribution in [3.8, 4) is 6.07 Å². The Morgan fingerprint density at radius 1 is 1.20 bits per heavy atom. The van der Waals surface area contributed by atoms with Gasteiger partial charge >= 0.3 is 0 Å². The number of nitrogens with one attached hydrogen (secondary N) is 1. The van der Waals surface area contributed by atoms with E-state index in [2.05, 4.69) is 10.5 Å². The maximum Gasteiger partial charge on any atom is 0.138 e. The van der Waals surface area contributed by atoms with Gasteiger partial charge in [-0.25, -0.2) is 8.78 Å². The summed E-state index contributed by atoms with van der Waals surface area (Å²) < 4.78 is 32.3. The molecule has 0 unspecified atom stereocenters. The minimum absolute atomic E-state index is 0.0213. The van der Waals surface area contributed by atoms with Crippen LogP contribution in [-0.2, 0) is 13.1 Å². The summed E-state index contributed by atoms with van der Waals surface area (Å²) in [5.41, 5.74) is 1.50. The molecule has 0 aliphatic rings. The van der Waals surface area contributed by atoms with E-state index in [0.29, 0.717) is 12.3 Å². The highest BCUT2D eigenvalue weighted by Crippen LogP contribution is 2.16. The van der Waals surface area contributed by atoms with E-state index in [4.69, 9.17) is 9.78 Å². The van der Waals surface area contributed by atoms with Gasteiger partial charge in [0.15, 0.2) is 0 Å². The van der Waals surface area contributed by atoms with Gasteiger partial charge in [0, 0.05) is 24.2 Å². The molecule has 0 atom stereocenters. The third-order valence-corrected chi connectivity index (χ3v) is 3.05. The molecule has 1 heterocycles. The smallest absolute Gasteiger partial charge is 0.138 e. The van der Waals surface area contributed by atoms with E-state index in [9.17, 15) is 8.78 Å². The quantitative estimate of drug-likeness (QED) is 0.933. The number of halogens is 2. The monoisotopic (exact) mass is 277 g/mol. The molecule has 0 spiro atoms. The van der Waals surface area contributed by atoms with Gasteiger partial charge in [0.1, 0.15) is 17.4 Å². The van der Waals surface area contributed by atoms with Gasteiger partial charge in [-0.3, -0.25) is 0 Å². The van der Waals surface area contributed by atoms with Crippen LogP contribution in [0.3, 0.4) is 0 Å². The van der Waals surface area contributed by atoms with Crippen LogP contribution in [-0.4, -0.2) is 5.16 Å². The molecule has 1 aromatic heterocycles. The summed E-state index contributed by atoms with van der Waals surface area (Å²) >= 11 is 0. The van der Waals surface area contributed by atoms with E-state index < -0.39 is 11.6 Å². The molecule has 0 fully saturated rings. The number of nitriles is 1. The van der Waals surface area contributed by atoms with E-state index in [1.54, 1.807) is 19.9 Å². The molecule has 0 saturated heterocycles. The summed E-state index contributed by atoms with van der Waals surface area (Å²) in [5.74, 6) is -0.781. The summed E-state index contributed by atoms with van der Waals surface area (Å²) in [6, 6.07) is 3.76. The fourth-order valence-electron chi connectivity index (χ4n) is 1.90. The average Bonchev–Trinajstić information content (AvgIpc) is 2.72. The van der Waals surface area contributed by atoms with Crippen molar-refractivity contribution in [2.75, 3.05) is 0 Å². The second-order valence-corrected chi connectivity index (χ2v) is 4.44. The number of hydrogen-bond acceptors (Lipinski definition) is 4. The summed E-state index contributed by atoms with van der Waals surface area (Å²) in [7, 11) is 0. The second-order valence-electron chi connectivity index (χ2n) is 4.44. The minimum atomic E-state index is -0.729. The molecule has 0 amide bonds. The van der Waals surface area contributed by atoms with Crippen molar-refractivity contribution in [3.63, 3.8) is 0 Å². The van der Waals surface area contributed by atoms with Gasteiger partial charge in [0.2, 0.25) is 0 Å². The predicted octanol–water partition coefficient (Wildman–Crippen LogP) is 2.73. The Bertz CT molecular complexity index is 631. The first kappa shape index (κ1) is 14.2. The number of aryl methyl sites for hydroxylation is 2. The third kappa shape index (κ3) is 2.83. The molecule has 2 aromatic rings. The van der Waals surface area contributed by atoms with Crippen molar-refractivity contribution in [1.29, 1.82) is 5.26 Å². The highest BCUT2D eigenvalue weighted by atomic mass is 19.1. The molecule has 20 heavy (non-hydrogen) atoms. The Kier molecular flexibility index (Phi) is 4.11. The highest BCUT2D eigenvalue weighted by molar-refractivity contribution is 5.34. The van der Waals surface area contributed by atoms with Crippen LogP contribution in [0.1, 0.15) is 28.1 Å². The largest absolute Gasteiger partial charge is 0.361 e.